The summed E-state index contributed by atoms with van der Waals surface area (Å²) in [5.41, 5.74) is 0.583. The van der Waals surface area contributed by atoms with Crippen molar-refractivity contribution in [2.75, 3.05) is 18.0 Å². The Balaban J connectivity index is 1.30. The number of amides is 1. The first-order chi connectivity index (χ1) is 11.7. The van der Waals surface area contributed by atoms with Gasteiger partial charge in [-0.15, -0.1) is 0 Å². The highest BCUT2D eigenvalue weighted by molar-refractivity contribution is 5.79. The average Bonchev–Trinajstić information content (AvgIpc) is 3.53. The lowest BCUT2D eigenvalue weighted by molar-refractivity contribution is -0.126. The first-order valence-corrected chi connectivity index (χ1v) is 9.16. The number of aromatic nitrogens is 1. The van der Waals surface area contributed by atoms with Gasteiger partial charge in [0, 0.05) is 31.2 Å². The zero-order chi connectivity index (χ0) is 16.5. The van der Waals surface area contributed by atoms with Gasteiger partial charge in [0.15, 0.2) is 0 Å². The predicted octanol–water partition coefficient (Wildman–Crippen LogP) is 2.47. The van der Waals surface area contributed by atoms with Crippen LogP contribution < -0.4 is 10.2 Å². The number of nitriles is 1. The zero-order valence-corrected chi connectivity index (χ0v) is 13.9. The summed E-state index contributed by atoms with van der Waals surface area (Å²) in [5.74, 6) is 2.82. The Kier molecular flexibility index (Phi) is 4.13. The number of rotatable bonds is 5. The third-order valence-electron chi connectivity index (χ3n) is 5.64. The van der Waals surface area contributed by atoms with Crippen LogP contribution in [-0.2, 0) is 4.79 Å². The van der Waals surface area contributed by atoms with Crippen LogP contribution in [0.3, 0.4) is 0 Å². The van der Waals surface area contributed by atoms with Crippen LogP contribution in [0.25, 0.3) is 0 Å². The van der Waals surface area contributed by atoms with Crippen molar-refractivity contribution in [1.29, 1.82) is 5.26 Å². The Morgan fingerprint density at radius 2 is 1.83 bits per heavy atom. The van der Waals surface area contributed by atoms with E-state index in [1.165, 1.54) is 25.7 Å². The Bertz CT molecular complexity index is 622. The van der Waals surface area contributed by atoms with Crippen LogP contribution in [0.5, 0.6) is 0 Å². The van der Waals surface area contributed by atoms with Gasteiger partial charge in [-0.25, -0.2) is 4.98 Å². The van der Waals surface area contributed by atoms with Gasteiger partial charge in [-0.3, -0.25) is 4.79 Å². The van der Waals surface area contributed by atoms with E-state index < -0.39 is 0 Å². The third-order valence-corrected chi connectivity index (χ3v) is 5.64. The normalized spacial score (nSPS) is 21.6. The summed E-state index contributed by atoms with van der Waals surface area (Å²) in [6.07, 6.45) is 8.57. The smallest absolute Gasteiger partial charge is 0.223 e. The van der Waals surface area contributed by atoms with Crippen LogP contribution in [-0.4, -0.2) is 30.0 Å². The molecule has 4 rings (SSSR count). The van der Waals surface area contributed by atoms with Crippen molar-refractivity contribution in [2.45, 2.75) is 44.6 Å². The summed E-state index contributed by atoms with van der Waals surface area (Å²) in [6.45, 7) is 1.71. The molecule has 3 aliphatic rings. The van der Waals surface area contributed by atoms with Crippen molar-refractivity contribution in [3.8, 4) is 6.07 Å². The largest absolute Gasteiger partial charge is 0.357 e. The van der Waals surface area contributed by atoms with Gasteiger partial charge in [-0.05, 0) is 62.5 Å². The van der Waals surface area contributed by atoms with Gasteiger partial charge in [-0.1, -0.05) is 0 Å². The molecule has 1 N–H and O–H groups in total. The second kappa shape index (κ2) is 6.43. The van der Waals surface area contributed by atoms with Crippen LogP contribution in [0.2, 0.25) is 0 Å². The van der Waals surface area contributed by atoms with Gasteiger partial charge in [0.2, 0.25) is 5.91 Å². The number of carbonyl (C=O) groups is 1. The minimum absolute atomic E-state index is 0.139. The predicted molar refractivity (Wildman–Crippen MR) is 91.3 cm³/mol. The Hall–Kier alpha value is -2.09. The average molecular weight is 324 g/mol. The molecule has 3 fully saturated rings. The molecule has 126 valence electrons. The number of hydrogen-bond acceptors (Lipinski definition) is 4. The SMILES string of the molecule is N#Cc1ccc(N2CCC(C(=O)NC(C3CC3)C3CC3)CC2)nc1. The summed E-state index contributed by atoms with van der Waals surface area (Å²) in [4.78, 5) is 19.2. The standard InChI is InChI=1S/C19H24N4O/c20-11-13-1-6-17(21-12-13)23-9-7-16(8-10-23)19(24)22-18(14-2-3-14)15-4-5-15/h1,6,12,14-16,18H,2-5,7-10H2,(H,22,24). The van der Waals surface area contributed by atoms with Gasteiger partial charge >= 0.3 is 0 Å². The van der Waals surface area contributed by atoms with Crippen molar-refractivity contribution in [1.82, 2.24) is 10.3 Å². The molecule has 0 atom stereocenters. The molecule has 24 heavy (non-hydrogen) atoms. The van der Waals surface area contributed by atoms with E-state index in [-0.39, 0.29) is 11.8 Å². The van der Waals surface area contributed by atoms with Gasteiger partial charge in [0.25, 0.3) is 0 Å². The van der Waals surface area contributed by atoms with E-state index in [0.717, 1.165) is 43.6 Å². The minimum Gasteiger partial charge on any atom is -0.357 e. The fourth-order valence-corrected chi connectivity index (χ4v) is 3.82. The maximum Gasteiger partial charge on any atom is 0.223 e. The molecule has 1 saturated heterocycles. The highest BCUT2D eigenvalue weighted by Gasteiger charge is 2.43. The molecule has 0 radical (unpaired) electrons. The lowest BCUT2D eigenvalue weighted by Gasteiger charge is -2.33. The lowest BCUT2D eigenvalue weighted by atomic mass is 9.94. The summed E-state index contributed by atoms with van der Waals surface area (Å²) in [5, 5.41) is 12.2. The third kappa shape index (κ3) is 3.38. The first-order valence-electron chi connectivity index (χ1n) is 9.16. The lowest BCUT2D eigenvalue weighted by Crippen LogP contribution is -2.45. The van der Waals surface area contributed by atoms with Crippen LogP contribution in [0, 0.1) is 29.1 Å². The van der Waals surface area contributed by atoms with Crippen molar-refractivity contribution in [3.05, 3.63) is 23.9 Å². The number of pyridine rings is 1. The summed E-state index contributed by atoms with van der Waals surface area (Å²) in [6, 6.07) is 6.25. The quantitative estimate of drug-likeness (QED) is 0.903. The van der Waals surface area contributed by atoms with Crippen molar-refractivity contribution >= 4 is 11.7 Å². The molecule has 0 spiro atoms. The van der Waals surface area contributed by atoms with E-state index in [1.807, 2.05) is 6.07 Å². The molecule has 5 nitrogen and oxygen atoms in total. The Labute approximate surface area is 143 Å². The number of carbonyl (C=O) groups excluding carboxylic acids is 1. The molecular formula is C19H24N4O. The molecule has 0 unspecified atom stereocenters. The number of piperidine rings is 1. The number of anilines is 1. The van der Waals surface area contributed by atoms with E-state index in [4.69, 9.17) is 5.26 Å². The summed E-state index contributed by atoms with van der Waals surface area (Å²) >= 11 is 0. The van der Waals surface area contributed by atoms with E-state index >= 15 is 0 Å². The Morgan fingerprint density at radius 1 is 1.17 bits per heavy atom. The van der Waals surface area contributed by atoms with E-state index in [2.05, 4.69) is 21.3 Å². The van der Waals surface area contributed by atoms with Gasteiger partial charge < -0.3 is 10.2 Å². The van der Waals surface area contributed by atoms with Crippen LogP contribution in [0.4, 0.5) is 5.82 Å². The van der Waals surface area contributed by atoms with Gasteiger partial charge in [0.05, 0.1) is 5.56 Å². The monoisotopic (exact) mass is 324 g/mol. The summed E-state index contributed by atoms with van der Waals surface area (Å²) < 4.78 is 0. The number of nitrogens with one attached hydrogen (secondary N) is 1. The molecule has 1 amide bonds. The summed E-state index contributed by atoms with van der Waals surface area (Å²) in [7, 11) is 0. The highest BCUT2D eigenvalue weighted by atomic mass is 16.2. The molecule has 0 aromatic carbocycles. The Morgan fingerprint density at radius 3 is 2.33 bits per heavy atom. The molecule has 2 saturated carbocycles. The molecule has 5 heteroatoms. The molecule has 2 aliphatic carbocycles. The maximum atomic E-state index is 12.6. The minimum atomic E-state index is 0.139. The molecular weight excluding hydrogens is 300 g/mol. The highest BCUT2D eigenvalue weighted by Crippen LogP contribution is 2.44. The zero-order valence-electron chi connectivity index (χ0n) is 13.9. The van der Waals surface area contributed by atoms with Crippen molar-refractivity contribution in [3.63, 3.8) is 0 Å². The second-order valence-corrected chi connectivity index (χ2v) is 7.49. The van der Waals surface area contributed by atoms with E-state index in [9.17, 15) is 4.79 Å². The maximum absolute atomic E-state index is 12.6. The van der Waals surface area contributed by atoms with Crippen molar-refractivity contribution < 1.29 is 4.79 Å². The van der Waals surface area contributed by atoms with Gasteiger partial charge in [0.1, 0.15) is 11.9 Å². The molecule has 0 bridgehead atoms. The molecule has 1 aromatic rings. The number of nitrogens with zero attached hydrogens (tertiary/aromatic N) is 3. The molecule has 1 aromatic heterocycles. The second-order valence-electron chi connectivity index (χ2n) is 7.49. The molecule has 2 heterocycles. The fraction of sp³-hybridized carbons (Fsp3) is 0.632. The van der Waals surface area contributed by atoms with Crippen molar-refractivity contribution in [2.24, 2.45) is 17.8 Å². The van der Waals surface area contributed by atoms with E-state index in [0.29, 0.717) is 11.6 Å². The first kappa shape index (κ1) is 15.4. The van der Waals surface area contributed by atoms with E-state index in [1.54, 1.807) is 12.3 Å². The van der Waals surface area contributed by atoms with Crippen LogP contribution in [0.15, 0.2) is 18.3 Å². The topological polar surface area (TPSA) is 69.0 Å². The molecule has 1 aliphatic heterocycles. The van der Waals surface area contributed by atoms with Gasteiger partial charge in [-0.2, -0.15) is 5.26 Å². The fourth-order valence-electron chi connectivity index (χ4n) is 3.82. The number of hydrogen-bond donors (Lipinski definition) is 1. The van der Waals surface area contributed by atoms with Crippen LogP contribution >= 0.6 is 0 Å². The van der Waals surface area contributed by atoms with Crippen LogP contribution in [0.1, 0.15) is 44.1 Å².